The number of hydrogen-bond donors (Lipinski definition) is 0. The fourth-order valence-corrected chi connectivity index (χ4v) is 3.47. The predicted octanol–water partition coefficient (Wildman–Crippen LogP) is 1.69. The van der Waals surface area contributed by atoms with E-state index in [1.807, 2.05) is 19.0 Å². The van der Waals surface area contributed by atoms with Crippen LogP contribution < -0.4 is 9.80 Å². The van der Waals surface area contributed by atoms with Crippen LogP contribution in [0.4, 0.5) is 16.2 Å². The second-order valence-corrected chi connectivity index (χ2v) is 7.03. The molecule has 25 heavy (non-hydrogen) atoms. The first-order chi connectivity index (χ1) is 12.0. The molecule has 3 rings (SSSR count). The van der Waals surface area contributed by atoms with E-state index in [1.165, 1.54) is 11.3 Å². The van der Waals surface area contributed by atoms with Gasteiger partial charge in [-0.3, -0.25) is 4.79 Å². The van der Waals surface area contributed by atoms with E-state index in [1.54, 1.807) is 40.0 Å². The van der Waals surface area contributed by atoms with Gasteiger partial charge in [-0.05, 0) is 6.07 Å². The van der Waals surface area contributed by atoms with E-state index in [-0.39, 0.29) is 18.5 Å². The second-order valence-electron chi connectivity index (χ2n) is 6.31. The molecule has 0 spiro atoms. The smallest absolute Gasteiger partial charge is 0.273 e. The van der Waals surface area contributed by atoms with Gasteiger partial charge in [0, 0.05) is 45.7 Å². The van der Waals surface area contributed by atoms with Crippen LogP contribution in [0, 0.1) is 0 Å². The van der Waals surface area contributed by atoms with Crippen molar-refractivity contribution in [1.82, 2.24) is 19.9 Å². The number of carbonyl (C=O) groups is 1. The van der Waals surface area contributed by atoms with E-state index in [9.17, 15) is 9.18 Å². The maximum Gasteiger partial charge on any atom is 0.273 e. The van der Waals surface area contributed by atoms with Gasteiger partial charge in [-0.1, -0.05) is 0 Å². The molecule has 134 valence electrons. The van der Waals surface area contributed by atoms with Crippen molar-refractivity contribution in [2.24, 2.45) is 0 Å². The number of amides is 1. The molecule has 1 aliphatic heterocycles. The Bertz CT molecular complexity index is 725. The molecule has 0 aliphatic carbocycles. The van der Waals surface area contributed by atoms with E-state index in [4.69, 9.17) is 0 Å². The van der Waals surface area contributed by atoms with Gasteiger partial charge < -0.3 is 14.7 Å². The average molecular weight is 364 g/mol. The van der Waals surface area contributed by atoms with Crippen molar-refractivity contribution in [3.8, 4) is 0 Å². The van der Waals surface area contributed by atoms with Crippen molar-refractivity contribution in [2.75, 3.05) is 44.0 Å². The molecule has 1 saturated heterocycles. The minimum atomic E-state index is -0.939. The zero-order valence-electron chi connectivity index (χ0n) is 14.5. The maximum atomic E-state index is 14.1. The van der Waals surface area contributed by atoms with E-state index >= 15 is 0 Å². The zero-order valence-corrected chi connectivity index (χ0v) is 15.3. The molecular formula is C16H21FN6OS. The van der Waals surface area contributed by atoms with Crippen molar-refractivity contribution in [1.29, 1.82) is 0 Å². The minimum absolute atomic E-state index is 0.132. The van der Waals surface area contributed by atoms with E-state index in [0.717, 1.165) is 0 Å². The molecule has 0 N–H and O–H groups in total. The lowest BCUT2D eigenvalue weighted by Crippen LogP contribution is -2.41. The molecule has 2 aromatic rings. The molecule has 3 heterocycles. The molecule has 0 unspecified atom stereocenters. The van der Waals surface area contributed by atoms with Gasteiger partial charge in [0.15, 0.2) is 0 Å². The van der Waals surface area contributed by atoms with Gasteiger partial charge >= 0.3 is 0 Å². The van der Waals surface area contributed by atoms with Gasteiger partial charge in [0.1, 0.15) is 17.7 Å². The fourth-order valence-electron chi connectivity index (χ4n) is 2.94. The van der Waals surface area contributed by atoms with Crippen molar-refractivity contribution in [3.63, 3.8) is 0 Å². The van der Waals surface area contributed by atoms with Gasteiger partial charge in [0.05, 0.1) is 18.1 Å². The summed E-state index contributed by atoms with van der Waals surface area (Å²) < 4.78 is 14.1. The number of halogens is 1. The van der Waals surface area contributed by atoms with Gasteiger partial charge in [0.25, 0.3) is 5.91 Å². The molecule has 0 bridgehead atoms. The van der Waals surface area contributed by atoms with E-state index < -0.39 is 6.17 Å². The predicted molar refractivity (Wildman–Crippen MR) is 96.1 cm³/mol. The Kier molecular flexibility index (Phi) is 5.12. The monoisotopic (exact) mass is 364 g/mol. The molecule has 1 amide bonds. The summed E-state index contributed by atoms with van der Waals surface area (Å²) in [4.78, 5) is 30.5. The molecule has 0 aromatic carbocycles. The van der Waals surface area contributed by atoms with Gasteiger partial charge in [-0.15, -0.1) is 11.3 Å². The Balaban J connectivity index is 1.75. The highest BCUT2D eigenvalue weighted by atomic mass is 32.1. The van der Waals surface area contributed by atoms with Crippen LogP contribution in [0.15, 0.2) is 23.2 Å². The van der Waals surface area contributed by atoms with Gasteiger partial charge in [-0.2, -0.15) is 4.98 Å². The SMILES string of the molecule is CN(C[C@@H]1C[C@H](F)CN1c1ccnc(N(C)C)n1)C(=O)c1cscn1. The number of likely N-dealkylation sites (N-methyl/N-ethyl adjacent to an activating group) is 1. The lowest BCUT2D eigenvalue weighted by molar-refractivity contribution is 0.0781. The number of hydrogen-bond acceptors (Lipinski definition) is 7. The highest BCUT2D eigenvalue weighted by Crippen LogP contribution is 2.27. The molecular weight excluding hydrogens is 343 g/mol. The summed E-state index contributed by atoms with van der Waals surface area (Å²) in [6, 6.07) is 1.65. The van der Waals surface area contributed by atoms with Crippen molar-refractivity contribution in [2.45, 2.75) is 18.6 Å². The summed E-state index contributed by atoms with van der Waals surface area (Å²) in [5.41, 5.74) is 2.05. The summed E-state index contributed by atoms with van der Waals surface area (Å²) in [6.07, 6.45) is 1.10. The third-order valence-corrected chi connectivity index (χ3v) is 4.76. The fraction of sp³-hybridized carbons (Fsp3) is 0.500. The van der Waals surface area contributed by atoms with Crippen LogP contribution in [0.5, 0.6) is 0 Å². The highest BCUT2D eigenvalue weighted by molar-refractivity contribution is 7.07. The molecule has 1 fully saturated rings. The topological polar surface area (TPSA) is 65.5 Å². The van der Waals surface area contributed by atoms with E-state index in [0.29, 0.717) is 30.4 Å². The molecule has 7 nitrogen and oxygen atoms in total. The lowest BCUT2D eigenvalue weighted by atomic mass is 10.2. The highest BCUT2D eigenvalue weighted by Gasteiger charge is 2.35. The molecule has 2 aromatic heterocycles. The standard InChI is InChI=1S/C16H21FN6OS/c1-21(2)16-18-5-4-14(20-16)23-7-11(17)6-12(23)8-22(3)15(24)13-9-25-10-19-13/h4-5,9-12H,6-8H2,1-3H3/t11-,12-/m0/s1. The number of anilines is 2. The molecule has 9 heteroatoms. The average Bonchev–Trinajstić information content (AvgIpc) is 3.24. The Hall–Kier alpha value is -2.29. The minimum Gasteiger partial charge on any atom is -0.349 e. The van der Waals surface area contributed by atoms with Crippen LogP contribution in [0.25, 0.3) is 0 Å². The Morgan fingerprint density at radius 2 is 2.20 bits per heavy atom. The van der Waals surface area contributed by atoms with Crippen LogP contribution in [-0.2, 0) is 0 Å². The number of carbonyl (C=O) groups excluding carboxylic acids is 1. The summed E-state index contributed by atoms with van der Waals surface area (Å²) in [5, 5.41) is 1.72. The second kappa shape index (κ2) is 7.30. The quantitative estimate of drug-likeness (QED) is 0.804. The molecule has 2 atom stereocenters. The van der Waals surface area contributed by atoms with Gasteiger partial charge in [0.2, 0.25) is 5.95 Å². The number of aromatic nitrogens is 3. The number of rotatable bonds is 5. The Morgan fingerprint density at radius 3 is 2.88 bits per heavy atom. The maximum absolute atomic E-state index is 14.1. The summed E-state index contributed by atoms with van der Waals surface area (Å²) in [6.45, 7) is 0.686. The first-order valence-electron chi connectivity index (χ1n) is 8.00. The Morgan fingerprint density at radius 1 is 1.40 bits per heavy atom. The van der Waals surface area contributed by atoms with Crippen LogP contribution >= 0.6 is 11.3 Å². The largest absolute Gasteiger partial charge is 0.349 e. The number of alkyl halides is 1. The normalized spacial score (nSPS) is 19.9. The molecule has 1 aliphatic rings. The van der Waals surface area contributed by atoms with Crippen LogP contribution in [0.2, 0.25) is 0 Å². The first kappa shape index (κ1) is 17.5. The van der Waals surface area contributed by atoms with Crippen LogP contribution in [0.1, 0.15) is 16.9 Å². The van der Waals surface area contributed by atoms with E-state index in [2.05, 4.69) is 15.0 Å². The number of thiazole rings is 1. The van der Waals surface area contributed by atoms with Crippen LogP contribution in [0.3, 0.4) is 0 Å². The Labute approximate surface area is 150 Å². The molecule has 0 radical (unpaired) electrons. The first-order valence-corrected chi connectivity index (χ1v) is 8.94. The third-order valence-electron chi connectivity index (χ3n) is 4.17. The summed E-state index contributed by atoms with van der Waals surface area (Å²) in [7, 11) is 5.44. The molecule has 0 saturated carbocycles. The van der Waals surface area contributed by atoms with Gasteiger partial charge in [-0.25, -0.2) is 14.4 Å². The summed E-state index contributed by atoms with van der Waals surface area (Å²) >= 11 is 1.38. The summed E-state index contributed by atoms with van der Waals surface area (Å²) in [5.74, 6) is 1.10. The lowest BCUT2D eigenvalue weighted by Gasteiger charge is -2.29. The van der Waals surface area contributed by atoms with Crippen LogP contribution in [-0.4, -0.2) is 72.2 Å². The third kappa shape index (κ3) is 3.87. The number of nitrogens with zero attached hydrogens (tertiary/aromatic N) is 6. The van der Waals surface area contributed by atoms with Crippen molar-refractivity contribution in [3.05, 3.63) is 28.8 Å². The zero-order chi connectivity index (χ0) is 18.0. The van der Waals surface area contributed by atoms with Crippen molar-refractivity contribution >= 4 is 29.0 Å². The van der Waals surface area contributed by atoms with Crippen molar-refractivity contribution < 1.29 is 9.18 Å².